The van der Waals surface area contributed by atoms with Gasteiger partial charge in [-0.2, -0.15) is 0 Å². The Morgan fingerprint density at radius 3 is 1.50 bits per heavy atom. The van der Waals surface area contributed by atoms with Gasteiger partial charge >= 0.3 is 51.4 Å². The van der Waals surface area contributed by atoms with Crippen LogP contribution < -0.4 is 57.5 Å². The van der Waals surface area contributed by atoms with Crippen LogP contribution in [0.25, 0.3) is 0 Å². The van der Waals surface area contributed by atoms with Crippen LogP contribution in [0.3, 0.4) is 0 Å². The van der Waals surface area contributed by atoms with Gasteiger partial charge in [0.25, 0.3) is 0 Å². The Kier molecular flexibility index (Phi) is 9.52. The molecule has 0 aromatic heterocycles. The van der Waals surface area contributed by atoms with Crippen LogP contribution in [0.4, 0.5) is 0 Å². The molecule has 0 saturated heterocycles. The fraction of sp³-hybridized carbons (Fsp3) is 0. The quantitative estimate of drug-likeness (QED) is 0.422. The Morgan fingerprint density at radius 1 is 0.917 bits per heavy atom. The minimum absolute atomic E-state index is 0. The molecule has 0 radical (unpaired) electrons. The molecule has 1 aromatic carbocycles. The normalized spacial score (nSPS) is 7.33. The number of hydrogen-bond acceptors (Lipinski definition) is 3. The summed E-state index contributed by atoms with van der Waals surface area (Å²) in [6.07, 6.45) is 3.27. The van der Waals surface area contributed by atoms with Crippen molar-refractivity contribution in [3.05, 3.63) is 35.4 Å². The molecular weight excluding hydrogens is 181 g/mol. The van der Waals surface area contributed by atoms with Crippen molar-refractivity contribution in [3.8, 4) is 0 Å². The van der Waals surface area contributed by atoms with Gasteiger partial charge in [0.2, 0.25) is 0 Å². The van der Waals surface area contributed by atoms with Crippen LogP contribution in [0.15, 0.2) is 24.3 Å². The van der Waals surface area contributed by atoms with Crippen LogP contribution in [-0.4, -0.2) is 12.6 Å². The molecule has 0 heterocycles. The molecule has 1 rings (SSSR count). The SMILES string of the molecule is N.O=[C-]c1ccccc1[C-]=O.[K+]. The van der Waals surface area contributed by atoms with Gasteiger partial charge in [-0.05, 0) is 12.6 Å². The van der Waals surface area contributed by atoms with E-state index in [0.29, 0.717) is 0 Å². The summed E-state index contributed by atoms with van der Waals surface area (Å²) in [5, 5.41) is 0. The molecule has 0 saturated carbocycles. The second kappa shape index (κ2) is 7.79. The van der Waals surface area contributed by atoms with Crippen LogP contribution in [0.5, 0.6) is 0 Å². The molecule has 0 atom stereocenters. The van der Waals surface area contributed by atoms with Crippen molar-refractivity contribution in [3.63, 3.8) is 0 Å². The first-order chi connectivity index (χ1) is 4.88. The standard InChI is InChI=1S/C8H4O2.K.H3N/c9-5-7-3-1-2-4-8(7)6-10;;/h1-4H;;1H3/q-2;+1;. The van der Waals surface area contributed by atoms with E-state index in [0.717, 1.165) is 0 Å². The van der Waals surface area contributed by atoms with Crippen molar-refractivity contribution >= 4 is 12.6 Å². The number of carbonyl (C=O) groups excluding carboxylic acids is 2. The zero-order valence-electron chi connectivity index (χ0n) is 6.83. The second-order valence-corrected chi connectivity index (χ2v) is 1.75. The van der Waals surface area contributed by atoms with Gasteiger partial charge in [-0.15, -0.1) is 12.1 Å². The summed E-state index contributed by atoms with van der Waals surface area (Å²) < 4.78 is 0. The van der Waals surface area contributed by atoms with Gasteiger partial charge in [-0.3, -0.25) is 11.1 Å². The molecule has 3 nitrogen and oxygen atoms in total. The van der Waals surface area contributed by atoms with Gasteiger partial charge < -0.3 is 15.7 Å². The molecule has 0 aliphatic rings. The van der Waals surface area contributed by atoms with Gasteiger partial charge in [-0.25, -0.2) is 12.1 Å². The van der Waals surface area contributed by atoms with Crippen LogP contribution >= 0.6 is 0 Å². The summed E-state index contributed by atoms with van der Waals surface area (Å²) in [6.45, 7) is 0. The smallest absolute Gasteiger partial charge is 0.391 e. The molecule has 0 amide bonds. The summed E-state index contributed by atoms with van der Waals surface area (Å²) >= 11 is 0. The average molecular weight is 188 g/mol. The van der Waals surface area contributed by atoms with Crippen LogP contribution in [0, 0.1) is 0 Å². The zero-order chi connectivity index (χ0) is 7.40. The zero-order valence-corrected chi connectivity index (χ0v) is 9.96. The molecule has 0 spiro atoms. The predicted molar refractivity (Wildman–Crippen MR) is 41.1 cm³/mol. The van der Waals surface area contributed by atoms with E-state index in [-0.39, 0.29) is 68.7 Å². The molecule has 0 fully saturated rings. The summed E-state index contributed by atoms with van der Waals surface area (Å²) in [7, 11) is 0. The average Bonchev–Trinajstić information content (AvgIpc) is 2.04. The monoisotopic (exact) mass is 188 g/mol. The molecule has 1 aromatic rings. The summed E-state index contributed by atoms with van der Waals surface area (Å²) in [6, 6.07) is 6.38. The van der Waals surface area contributed by atoms with E-state index in [1.54, 1.807) is 24.7 Å². The van der Waals surface area contributed by atoms with E-state index in [9.17, 15) is 9.59 Å². The van der Waals surface area contributed by atoms with Gasteiger partial charge in [0.05, 0.1) is 0 Å². The number of benzene rings is 1. The minimum atomic E-state index is 0. The number of rotatable bonds is 2. The maximum absolute atomic E-state index is 10.1. The first-order valence-electron chi connectivity index (χ1n) is 2.74. The van der Waals surface area contributed by atoms with Gasteiger partial charge in [0.1, 0.15) is 0 Å². The summed E-state index contributed by atoms with van der Waals surface area (Å²) in [4.78, 5) is 20.2. The third kappa shape index (κ3) is 3.71. The van der Waals surface area contributed by atoms with Crippen molar-refractivity contribution < 1.29 is 61.0 Å². The molecule has 3 N–H and O–H groups in total. The van der Waals surface area contributed by atoms with E-state index < -0.39 is 0 Å². The molecule has 58 valence electrons. The maximum Gasteiger partial charge on any atom is 1.00 e. The molecule has 0 bridgehead atoms. The molecule has 12 heavy (non-hydrogen) atoms. The van der Waals surface area contributed by atoms with Crippen LogP contribution in [-0.2, 0) is 9.59 Å². The molecule has 0 aliphatic heterocycles. The fourth-order valence-electron chi connectivity index (χ4n) is 0.661. The minimum Gasteiger partial charge on any atom is -0.391 e. The predicted octanol–water partition coefficient (Wildman–Crippen LogP) is -2.23. The van der Waals surface area contributed by atoms with E-state index in [2.05, 4.69) is 0 Å². The largest absolute Gasteiger partial charge is 1.00 e. The first kappa shape index (κ1) is 14.7. The van der Waals surface area contributed by atoms with Crippen molar-refractivity contribution in [1.29, 1.82) is 0 Å². The van der Waals surface area contributed by atoms with Gasteiger partial charge in [-0.1, -0.05) is 0 Å². The van der Waals surface area contributed by atoms with Crippen LogP contribution in [0.2, 0.25) is 0 Å². The third-order valence-corrected chi connectivity index (χ3v) is 1.15. The maximum atomic E-state index is 10.1. The Labute approximate surface area is 114 Å². The van der Waals surface area contributed by atoms with Crippen molar-refractivity contribution in [1.82, 2.24) is 6.15 Å². The Morgan fingerprint density at radius 2 is 1.25 bits per heavy atom. The van der Waals surface area contributed by atoms with Gasteiger partial charge in [0.15, 0.2) is 0 Å². The van der Waals surface area contributed by atoms with Crippen molar-refractivity contribution in [2.24, 2.45) is 0 Å². The Hall–Kier alpha value is 0.156. The summed E-state index contributed by atoms with van der Waals surface area (Å²) in [5.41, 5.74) is 0.523. The van der Waals surface area contributed by atoms with E-state index in [1.807, 2.05) is 0 Å². The second-order valence-electron chi connectivity index (χ2n) is 1.75. The van der Waals surface area contributed by atoms with Gasteiger partial charge in [0, 0.05) is 0 Å². The van der Waals surface area contributed by atoms with Crippen molar-refractivity contribution in [2.45, 2.75) is 0 Å². The third-order valence-electron chi connectivity index (χ3n) is 1.15. The van der Waals surface area contributed by atoms with E-state index >= 15 is 0 Å². The Bertz CT molecular complexity index is 236. The molecule has 0 unspecified atom stereocenters. The van der Waals surface area contributed by atoms with E-state index in [1.165, 1.54) is 12.1 Å². The van der Waals surface area contributed by atoms with E-state index in [4.69, 9.17) is 0 Å². The molecule has 4 heteroatoms. The van der Waals surface area contributed by atoms with Crippen LogP contribution in [0.1, 0.15) is 11.1 Å². The molecule has 0 aliphatic carbocycles. The topological polar surface area (TPSA) is 69.1 Å². The van der Waals surface area contributed by atoms with Crippen molar-refractivity contribution in [2.75, 3.05) is 0 Å². The Balaban J connectivity index is 0. The molecular formula is C8H7KNO2-. The first-order valence-corrected chi connectivity index (χ1v) is 2.74. The summed E-state index contributed by atoms with van der Waals surface area (Å²) in [5.74, 6) is 0. The number of hydrogen-bond donors (Lipinski definition) is 1. The fourth-order valence-corrected chi connectivity index (χ4v) is 0.661.